The van der Waals surface area contributed by atoms with Gasteiger partial charge in [0.05, 0.1) is 0 Å². The van der Waals surface area contributed by atoms with Gasteiger partial charge < -0.3 is 9.88 Å². The van der Waals surface area contributed by atoms with Gasteiger partial charge in [0.2, 0.25) is 0 Å². The van der Waals surface area contributed by atoms with E-state index in [0.717, 1.165) is 25.1 Å². The first kappa shape index (κ1) is 11.7. The highest BCUT2D eigenvalue weighted by atomic mass is 16.2. The smallest absolute Gasteiger partial charge is 0.274 e. The minimum absolute atomic E-state index is 0.112. The molecule has 19 heavy (non-hydrogen) atoms. The first-order valence-electron chi connectivity index (χ1n) is 6.35. The van der Waals surface area contributed by atoms with E-state index in [2.05, 4.69) is 5.32 Å². The molecule has 1 aliphatic heterocycles. The van der Waals surface area contributed by atoms with Gasteiger partial charge in [-0.15, -0.1) is 0 Å². The number of nitrogens with one attached hydrogen (secondary N) is 1. The van der Waals surface area contributed by atoms with Crippen LogP contribution in [0.15, 0.2) is 47.3 Å². The zero-order valence-corrected chi connectivity index (χ0v) is 10.4. The highest BCUT2D eigenvalue weighted by Crippen LogP contribution is 2.14. The second kappa shape index (κ2) is 4.72. The van der Waals surface area contributed by atoms with Crippen molar-refractivity contribution in [1.29, 1.82) is 0 Å². The van der Waals surface area contributed by atoms with E-state index in [-0.39, 0.29) is 11.5 Å². The number of pyridine rings is 1. The Bertz CT molecular complexity index is 674. The monoisotopic (exact) mass is 254 g/mol. The third-order valence-corrected chi connectivity index (χ3v) is 3.36. The maximum absolute atomic E-state index is 12.2. The lowest BCUT2D eigenvalue weighted by Crippen LogP contribution is -2.25. The summed E-state index contributed by atoms with van der Waals surface area (Å²) in [5, 5.41) is 2.68. The largest absolute Gasteiger partial charge is 0.317 e. The molecule has 0 fully saturated rings. The topological polar surface area (TPSA) is 51.1 Å². The van der Waals surface area contributed by atoms with Crippen LogP contribution in [-0.2, 0) is 13.0 Å². The lowest BCUT2D eigenvalue weighted by atomic mass is 10.2. The molecule has 0 radical (unpaired) electrons. The van der Waals surface area contributed by atoms with Crippen molar-refractivity contribution >= 4 is 11.6 Å². The van der Waals surface area contributed by atoms with Gasteiger partial charge in [-0.3, -0.25) is 9.59 Å². The van der Waals surface area contributed by atoms with Crippen LogP contribution in [0.25, 0.3) is 0 Å². The van der Waals surface area contributed by atoms with Crippen molar-refractivity contribution in [2.45, 2.75) is 19.4 Å². The van der Waals surface area contributed by atoms with Crippen LogP contribution in [0.3, 0.4) is 0 Å². The molecule has 0 unspecified atom stereocenters. The third-order valence-electron chi connectivity index (χ3n) is 3.36. The van der Waals surface area contributed by atoms with E-state index < -0.39 is 0 Å². The summed E-state index contributed by atoms with van der Waals surface area (Å²) in [6, 6.07) is 12.5. The number of aromatic nitrogens is 1. The standard InChI is InChI=1S/C15H14N2O2/c18-14(11-5-2-1-3-6-11)16-13-9-8-12-7-4-10-17(12)15(13)19/h1-3,5-6,8-9H,4,7,10H2,(H,16,18). The van der Waals surface area contributed by atoms with Gasteiger partial charge in [-0.25, -0.2) is 0 Å². The number of fused-ring (bicyclic) bond motifs is 1. The van der Waals surface area contributed by atoms with Crippen molar-refractivity contribution in [3.05, 3.63) is 64.1 Å². The maximum atomic E-state index is 12.2. The van der Waals surface area contributed by atoms with Crippen LogP contribution in [-0.4, -0.2) is 10.5 Å². The molecular formula is C15H14N2O2. The van der Waals surface area contributed by atoms with Crippen LogP contribution < -0.4 is 10.9 Å². The van der Waals surface area contributed by atoms with Crippen molar-refractivity contribution in [3.8, 4) is 0 Å². The number of amides is 1. The molecule has 4 nitrogen and oxygen atoms in total. The van der Waals surface area contributed by atoms with E-state index in [9.17, 15) is 9.59 Å². The van der Waals surface area contributed by atoms with Gasteiger partial charge in [-0.05, 0) is 37.1 Å². The molecule has 1 N–H and O–H groups in total. The highest BCUT2D eigenvalue weighted by molar-refractivity contribution is 6.04. The second-order valence-electron chi connectivity index (χ2n) is 4.62. The van der Waals surface area contributed by atoms with Crippen LogP contribution in [0, 0.1) is 0 Å². The van der Waals surface area contributed by atoms with Crippen molar-refractivity contribution < 1.29 is 4.79 Å². The molecule has 0 atom stereocenters. The first-order valence-corrected chi connectivity index (χ1v) is 6.35. The van der Waals surface area contributed by atoms with Crippen LogP contribution in [0.1, 0.15) is 22.5 Å². The lowest BCUT2D eigenvalue weighted by Gasteiger charge is -2.08. The van der Waals surface area contributed by atoms with E-state index >= 15 is 0 Å². The Morgan fingerprint density at radius 2 is 1.89 bits per heavy atom. The molecule has 1 aliphatic rings. The van der Waals surface area contributed by atoms with Gasteiger partial charge in [0, 0.05) is 17.8 Å². The number of benzene rings is 1. The van der Waals surface area contributed by atoms with Crippen molar-refractivity contribution in [2.75, 3.05) is 5.32 Å². The second-order valence-corrected chi connectivity index (χ2v) is 4.62. The summed E-state index contributed by atoms with van der Waals surface area (Å²) in [6.45, 7) is 0.739. The Hall–Kier alpha value is -2.36. The summed E-state index contributed by atoms with van der Waals surface area (Å²) in [5.74, 6) is -0.253. The fourth-order valence-corrected chi connectivity index (χ4v) is 2.38. The summed E-state index contributed by atoms with van der Waals surface area (Å²) in [6.07, 6.45) is 1.92. The Morgan fingerprint density at radius 3 is 2.68 bits per heavy atom. The molecule has 0 saturated carbocycles. The summed E-state index contributed by atoms with van der Waals surface area (Å²) in [7, 11) is 0. The molecule has 0 spiro atoms. The predicted molar refractivity (Wildman–Crippen MR) is 73.4 cm³/mol. The number of rotatable bonds is 2. The zero-order valence-electron chi connectivity index (χ0n) is 10.4. The number of hydrogen-bond donors (Lipinski definition) is 1. The molecule has 3 rings (SSSR count). The molecule has 0 saturated heterocycles. The zero-order chi connectivity index (χ0) is 13.2. The van der Waals surface area contributed by atoms with Gasteiger partial charge >= 0.3 is 0 Å². The van der Waals surface area contributed by atoms with Gasteiger partial charge in [0.1, 0.15) is 5.69 Å². The number of carbonyl (C=O) groups excluding carboxylic acids is 1. The molecule has 1 aromatic carbocycles. The van der Waals surface area contributed by atoms with Crippen LogP contribution in [0.5, 0.6) is 0 Å². The highest BCUT2D eigenvalue weighted by Gasteiger charge is 2.15. The van der Waals surface area contributed by atoms with Crippen LogP contribution in [0.2, 0.25) is 0 Å². The van der Waals surface area contributed by atoms with E-state index in [1.54, 1.807) is 34.9 Å². The quantitative estimate of drug-likeness (QED) is 0.891. The molecule has 1 aromatic heterocycles. The normalized spacial score (nSPS) is 13.1. The van der Waals surface area contributed by atoms with Crippen molar-refractivity contribution in [2.24, 2.45) is 0 Å². The Kier molecular flexibility index (Phi) is 2.91. The van der Waals surface area contributed by atoms with Crippen molar-refractivity contribution in [3.63, 3.8) is 0 Å². The summed E-state index contributed by atoms with van der Waals surface area (Å²) >= 11 is 0. The number of hydrogen-bond acceptors (Lipinski definition) is 2. The Balaban J connectivity index is 1.89. The van der Waals surface area contributed by atoms with Crippen LogP contribution in [0.4, 0.5) is 5.69 Å². The Labute approximate surface area is 110 Å². The maximum Gasteiger partial charge on any atom is 0.274 e. The predicted octanol–water partition coefficient (Wildman–Crippen LogP) is 2.05. The SMILES string of the molecule is O=C(Nc1ccc2n(c1=O)CCC2)c1ccccc1. The molecule has 2 heterocycles. The number of nitrogens with zero attached hydrogens (tertiary/aromatic N) is 1. The van der Waals surface area contributed by atoms with E-state index in [0.29, 0.717) is 11.3 Å². The van der Waals surface area contributed by atoms with Gasteiger partial charge in [-0.2, -0.15) is 0 Å². The van der Waals surface area contributed by atoms with E-state index in [1.807, 2.05) is 12.1 Å². The average Bonchev–Trinajstić information content (AvgIpc) is 2.92. The summed E-state index contributed by atoms with van der Waals surface area (Å²) < 4.78 is 1.74. The van der Waals surface area contributed by atoms with E-state index in [1.165, 1.54) is 0 Å². The molecule has 0 bridgehead atoms. The molecule has 0 aliphatic carbocycles. The molecule has 4 heteroatoms. The fraction of sp³-hybridized carbons (Fsp3) is 0.200. The third kappa shape index (κ3) is 2.17. The fourth-order valence-electron chi connectivity index (χ4n) is 2.38. The summed E-state index contributed by atoms with van der Waals surface area (Å²) in [4.78, 5) is 24.2. The number of aryl methyl sites for hydroxylation is 1. The average molecular weight is 254 g/mol. The molecule has 1 amide bonds. The Morgan fingerprint density at radius 1 is 1.11 bits per heavy atom. The minimum atomic E-state index is -0.253. The van der Waals surface area contributed by atoms with Crippen LogP contribution >= 0.6 is 0 Å². The number of carbonyl (C=O) groups is 1. The summed E-state index contributed by atoms with van der Waals surface area (Å²) in [5.41, 5.74) is 1.83. The van der Waals surface area contributed by atoms with Gasteiger partial charge in [-0.1, -0.05) is 18.2 Å². The van der Waals surface area contributed by atoms with E-state index in [4.69, 9.17) is 0 Å². The minimum Gasteiger partial charge on any atom is -0.317 e. The van der Waals surface area contributed by atoms with Gasteiger partial charge in [0.15, 0.2) is 0 Å². The molecule has 96 valence electrons. The lowest BCUT2D eigenvalue weighted by molar-refractivity contribution is 0.102. The first-order chi connectivity index (χ1) is 9.25. The molecular weight excluding hydrogens is 240 g/mol. The molecule has 2 aromatic rings. The number of anilines is 1. The van der Waals surface area contributed by atoms with Crippen molar-refractivity contribution in [1.82, 2.24) is 4.57 Å². The van der Waals surface area contributed by atoms with Gasteiger partial charge in [0.25, 0.3) is 11.5 Å².